The minimum Gasteiger partial charge on any atom is -0.376 e. The first-order valence-electron chi connectivity index (χ1n) is 11.3. The lowest BCUT2D eigenvalue weighted by molar-refractivity contribution is -0.258. The van der Waals surface area contributed by atoms with Crippen LogP contribution in [0.15, 0.2) is 30.5 Å². The summed E-state index contributed by atoms with van der Waals surface area (Å²) in [7, 11) is 0. The second kappa shape index (κ2) is 8.64. The molecule has 2 heterocycles. The number of benzene rings is 1. The predicted molar refractivity (Wildman–Crippen MR) is 118 cm³/mol. The van der Waals surface area contributed by atoms with Crippen molar-refractivity contribution in [3.05, 3.63) is 41.6 Å². The molecule has 1 amide bonds. The monoisotopic (exact) mass is 465 g/mol. The highest BCUT2D eigenvalue weighted by atomic mass is 19.4. The smallest absolute Gasteiger partial charge is 0.376 e. The fourth-order valence-corrected chi connectivity index (χ4v) is 4.79. The lowest BCUT2D eigenvalue weighted by Crippen LogP contribution is -2.48. The fraction of sp³-hybridized carbons (Fsp3) is 0.565. The average molecular weight is 466 g/mol. The third-order valence-corrected chi connectivity index (χ3v) is 7.10. The number of carbonyl (C=O) groups is 1. The Balaban J connectivity index is 1.51. The Kier molecular flexibility index (Phi) is 6.17. The second-order valence-corrected chi connectivity index (χ2v) is 9.41. The Morgan fingerprint density at radius 1 is 1.21 bits per heavy atom. The van der Waals surface area contributed by atoms with Gasteiger partial charge in [-0.05, 0) is 69.3 Å². The highest BCUT2D eigenvalue weighted by Gasteiger charge is 2.51. The van der Waals surface area contributed by atoms with Crippen LogP contribution < -0.4 is 11.1 Å². The van der Waals surface area contributed by atoms with Crippen LogP contribution in [0, 0.1) is 5.92 Å². The molecule has 2 aliphatic rings. The second-order valence-electron chi connectivity index (χ2n) is 9.41. The van der Waals surface area contributed by atoms with E-state index in [1.54, 1.807) is 10.9 Å². The van der Waals surface area contributed by atoms with E-state index in [0.717, 1.165) is 19.3 Å². The van der Waals surface area contributed by atoms with Crippen molar-refractivity contribution in [1.29, 1.82) is 0 Å². The first-order valence-corrected chi connectivity index (χ1v) is 11.3. The van der Waals surface area contributed by atoms with Crippen LogP contribution >= 0.6 is 0 Å². The van der Waals surface area contributed by atoms with Crippen molar-refractivity contribution in [2.24, 2.45) is 11.7 Å². The molecule has 0 bridgehead atoms. The molecule has 7 nitrogen and oxygen atoms in total. The number of nitrogens with zero attached hydrogens (tertiary/aromatic N) is 3. The van der Waals surface area contributed by atoms with Crippen LogP contribution in [-0.2, 0) is 5.60 Å². The first-order chi connectivity index (χ1) is 15.5. The van der Waals surface area contributed by atoms with Gasteiger partial charge in [0, 0.05) is 17.9 Å². The van der Waals surface area contributed by atoms with E-state index < -0.39 is 17.7 Å². The zero-order chi connectivity index (χ0) is 24.0. The van der Waals surface area contributed by atoms with Crippen molar-refractivity contribution in [2.75, 3.05) is 18.4 Å². The Bertz CT molecular complexity index is 999. The number of rotatable bonds is 6. The van der Waals surface area contributed by atoms with E-state index >= 15 is 0 Å². The number of likely N-dealkylation sites (tertiary alicyclic amines) is 1. The van der Waals surface area contributed by atoms with E-state index in [1.807, 2.05) is 0 Å². The summed E-state index contributed by atoms with van der Waals surface area (Å²) >= 11 is 0. The Morgan fingerprint density at radius 3 is 2.39 bits per heavy atom. The van der Waals surface area contributed by atoms with E-state index in [-0.39, 0.29) is 23.0 Å². The maximum atomic E-state index is 13.1. The Morgan fingerprint density at radius 2 is 1.88 bits per heavy atom. The van der Waals surface area contributed by atoms with E-state index in [4.69, 9.17) is 5.73 Å². The van der Waals surface area contributed by atoms with Crippen molar-refractivity contribution in [3.8, 4) is 0 Å². The van der Waals surface area contributed by atoms with Gasteiger partial charge in [0.2, 0.25) is 0 Å². The molecule has 1 aromatic heterocycles. The molecule has 1 aromatic carbocycles. The SMILES string of the molecule is C[C@H]1C[C@@H](N2CCC2)CC[C@@H]1n1cc(C(N)=O)c(Nc2ccc([C@](C)(O)C(F)(F)F)cc2)n1. The summed E-state index contributed by atoms with van der Waals surface area (Å²) in [6.07, 6.45) is 1.20. The predicted octanol–water partition coefficient (Wildman–Crippen LogP) is 3.93. The molecule has 2 fully saturated rings. The third kappa shape index (κ3) is 4.59. The average Bonchev–Trinajstić information content (AvgIpc) is 3.10. The molecule has 180 valence electrons. The lowest BCUT2D eigenvalue weighted by atomic mass is 9.81. The molecule has 2 aromatic rings. The van der Waals surface area contributed by atoms with Gasteiger partial charge < -0.3 is 21.1 Å². The van der Waals surface area contributed by atoms with Crippen LogP contribution in [0.3, 0.4) is 0 Å². The number of nitrogens with one attached hydrogen (secondary N) is 1. The van der Waals surface area contributed by atoms with Crippen LogP contribution in [0.1, 0.15) is 61.5 Å². The van der Waals surface area contributed by atoms with Gasteiger partial charge in [0.15, 0.2) is 11.4 Å². The van der Waals surface area contributed by atoms with Gasteiger partial charge in [-0.1, -0.05) is 19.1 Å². The van der Waals surface area contributed by atoms with Crippen LogP contribution in [0.25, 0.3) is 0 Å². The van der Waals surface area contributed by atoms with Crippen molar-refractivity contribution in [3.63, 3.8) is 0 Å². The number of hydrogen-bond acceptors (Lipinski definition) is 5. The van der Waals surface area contributed by atoms with Crippen molar-refractivity contribution in [2.45, 2.75) is 63.4 Å². The molecule has 33 heavy (non-hydrogen) atoms. The molecule has 4 N–H and O–H groups in total. The quantitative estimate of drug-likeness (QED) is 0.601. The zero-order valence-electron chi connectivity index (χ0n) is 18.8. The fourth-order valence-electron chi connectivity index (χ4n) is 4.79. The van der Waals surface area contributed by atoms with Gasteiger partial charge in [0.05, 0.1) is 6.04 Å². The number of aromatic nitrogens is 2. The molecule has 0 spiro atoms. The maximum absolute atomic E-state index is 13.1. The summed E-state index contributed by atoms with van der Waals surface area (Å²) in [5.74, 6) is -0.00102. The van der Waals surface area contributed by atoms with Gasteiger partial charge in [0.25, 0.3) is 5.91 Å². The van der Waals surface area contributed by atoms with Gasteiger partial charge in [-0.15, -0.1) is 0 Å². The van der Waals surface area contributed by atoms with Gasteiger partial charge in [-0.3, -0.25) is 9.48 Å². The minimum atomic E-state index is -4.80. The number of alkyl halides is 3. The third-order valence-electron chi connectivity index (χ3n) is 7.10. The standard InChI is InChI=1S/C23H30F3N5O2/c1-14-12-17(30-10-3-11-30)8-9-19(14)31-13-18(20(27)32)21(29-31)28-16-6-4-15(5-7-16)22(2,33)23(24,25)26/h4-7,13-14,17,19,33H,3,8-12H2,1-2H3,(H2,27,32)(H,28,29)/t14-,17-,19-,22-/m0/s1. The number of amides is 1. The molecule has 4 atom stereocenters. The zero-order valence-corrected chi connectivity index (χ0v) is 18.8. The van der Waals surface area contributed by atoms with Gasteiger partial charge in [-0.25, -0.2) is 0 Å². The summed E-state index contributed by atoms with van der Waals surface area (Å²) in [4.78, 5) is 14.6. The molecule has 1 saturated heterocycles. The highest BCUT2D eigenvalue weighted by Crippen LogP contribution is 2.40. The summed E-state index contributed by atoms with van der Waals surface area (Å²) in [5.41, 5.74) is 2.97. The largest absolute Gasteiger partial charge is 0.421 e. The van der Waals surface area contributed by atoms with Crippen molar-refractivity contribution < 1.29 is 23.1 Å². The van der Waals surface area contributed by atoms with E-state index in [1.165, 1.54) is 43.8 Å². The number of primary amides is 1. The van der Waals surface area contributed by atoms with Gasteiger partial charge in [0.1, 0.15) is 5.56 Å². The van der Waals surface area contributed by atoms with E-state index in [9.17, 15) is 23.1 Å². The van der Waals surface area contributed by atoms with Crippen molar-refractivity contribution >= 4 is 17.4 Å². The lowest BCUT2D eigenvalue weighted by Gasteiger charge is -2.44. The summed E-state index contributed by atoms with van der Waals surface area (Å²) in [5, 5.41) is 17.4. The Labute approximate surface area is 190 Å². The number of aliphatic hydroxyl groups is 1. The minimum absolute atomic E-state index is 0.139. The van der Waals surface area contributed by atoms with Gasteiger partial charge in [-0.2, -0.15) is 18.3 Å². The summed E-state index contributed by atoms with van der Waals surface area (Å²) < 4.78 is 41.0. The maximum Gasteiger partial charge on any atom is 0.421 e. The van der Waals surface area contributed by atoms with E-state index in [0.29, 0.717) is 24.6 Å². The molecule has 10 heteroatoms. The molecule has 4 rings (SSSR count). The molecule has 0 radical (unpaired) electrons. The van der Waals surface area contributed by atoms with Crippen LogP contribution in [0.4, 0.5) is 24.7 Å². The van der Waals surface area contributed by atoms with Gasteiger partial charge >= 0.3 is 6.18 Å². The number of anilines is 2. The highest BCUT2D eigenvalue weighted by molar-refractivity contribution is 5.98. The molecule has 1 aliphatic heterocycles. The summed E-state index contributed by atoms with van der Waals surface area (Å²) in [6.45, 7) is 5.24. The normalized spacial score (nSPS) is 25.8. The topological polar surface area (TPSA) is 96.4 Å². The van der Waals surface area contributed by atoms with Crippen molar-refractivity contribution in [1.82, 2.24) is 14.7 Å². The molecular weight excluding hydrogens is 435 g/mol. The number of carbonyl (C=O) groups excluding carboxylic acids is 1. The molecule has 1 aliphatic carbocycles. The van der Waals surface area contributed by atoms with Crippen LogP contribution in [-0.4, -0.2) is 51.0 Å². The van der Waals surface area contributed by atoms with Crippen LogP contribution in [0.2, 0.25) is 0 Å². The molecule has 0 unspecified atom stereocenters. The first kappa shape index (κ1) is 23.6. The number of nitrogens with two attached hydrogens (primary N) is 1. The van der Waals surface area contributed by atoms with Crippen LogP contribution in [0.5, 0.6) is 0 Å². The summed E-state index contributed by atoms with van der Waals surface area (Å²) in [6, 6.07) is 5.92. The molecular formula is C23H30F3N5O2. The van der Waals surface area contributed by atoms with E-state index in [2.05, 4.69) is 22.2 Å². The molecule has 1 saturated carbocycles. The number of halogens is 3. The Hall–Kier alpha value is -2.59. The number of hydrogen-bond donors (Lipinski definition) is 3.